The van der Waals surface area contributed by atoms with Gasteiger partial charge in [-0.25, -0.2) is 4.98 Å². The highest BCUT2D eigenvalue weighted by Gasteiger charge is 2.28. The molecule has 26 heavy (non-hydrogen) atoms. The van der Waals surface area contributed by atoms with Gasteiger partial charge in [0.1, 0.15) is 0 Å². The summed E-state index contributed by atoms with van der Waals surface area (Å²) in [6.07, 6.45) is 7.83. The summed E-state index contributed by atoms with van der Waals surface area (Å²) in [5.74, 6) is 0.128. The minimum Gasteiger partial charge on any atom is -0.353 e. The molecule has 0 aromatic carbocycles. The first-order chi connectivity index (χ1) is 12.5. The Balaban J connectivity index is 1.46. The highest BCUT2D eigenvalue weighted by molar-refractivity contribution is 7.15. The zero-order valence-corrected chi connectivity index (χ0v) is 16.7. The van der Waals surface area contributed by atoms with Crippen molar-refractivity contribution in [1.29, 1.82) is 0 Å². The standard InChI is InChI=1S/C19H30N4O2S/c1-13-14(2)26-19(20-13)22-17(24)12-23-10-6-7-15(11-23)18(25)21-16-8-4-3-5-9-16/h15-16H,3-12H2,1-2H3,(H,21,25)(H,20,22,24). The third-order valence-corrected chi connectivity index (χ3v) is 6.46. The van der Waals surface area contributed by atoms with Crippen molar-refractivity contribution in [3.05, 3.63) is 10.6 Å². The summed E-state index contributed by atoms with van der Waals surface area (Å²) >= 11 is 1.50. The predicted octanol–water partition coefficient (Wildman–Crippen LogP) is 2.86. The fourth-order valence-electron chi connectivity index (χ4n) is 3.87. The zero-order chi connectivity index (χ0) is 18.5. The maximum absolute atomic E-state index is 12.6. The van der Waals surface area contributed by atoms with Gasteiger partial charge in [0, 0.05) is 17.5 Å². The lowest BCUT2D eigenvalue weighted by molar-refractivity contribution is -0.128. The van der Waals surface area contributed by atoms with Crippen molar-refractivity contribution in [2.24, 2.45) is 5.92 Å². The molecule has 3 rings (SSSR count). The van der Waals surface area contributed by atoms with Crippen LogP contribution in [0, 0.1) is 19.8 Å². The Labute approximate surface area is 159 Å². The third kappa shape index (κ3) is 5.27. The minimum absolute atomic E-state index is 0.00262. The van der Waals surface area contributed by atoms with Crippen LogP contribution in [0.3, 0.4) is 0 Å². The van der Waals surface area contributed by atoms with E-state index < -0.39 is 0 Å². The van der Waals surface area contributed by atoms with Crippen molar-refractivity contribution < 1.29 is 9.59 Å². The van der Waals surface area contributed by atoms with Crippen molar-refractivity contribution in [3.8, 4) is 0 Å². The largest absolute Gasteiger partial charge is 0.353 e. The van der Waals surface area contributed by atoms with Crippen molar-refractivity contribution >= 4 is 28.3 Å². The van der Waals surface area contributed by atoms with Gasteiger partial charge in [-0.05, 0) is 46.1 Å². The summed E-state index contributed by atoms with van der Waals surface area (Å²) in [5.41, 5.74) is 0.961. The average molecular weight is 379 g/mol. The van der Waals surface area contributed by atoms with Gasteiger partial charge < -0.3 is 10.6 Å². The van der Waals surface area contributed by atoms with Crippen LogP contribution in [0.1, 0.15) is 55.5 Å². The number of hydrogen-bond donors (Lipinski definition) is 2. The summed E-state index contributed by atoms with van der Waals surface area (Å²) in [6.45, 7) is 5.81. The maximum Gasteiger partial charge on any atom is 0.240 e. The van der Waals surface area contributed by atoms with Crippen LogP contribution in [-0.2, 0) is 9.59 Å². The molecule has 2 heterocycles. The maximum atomic E-state index is 12.6. The van der Waals surface area contributed by atoms with E-state index in [2.05, 4.69) is 20.5 Å². The van der Waals surface area contributed by atoms with Gasteiger partial charge in [0.25, 0.3) is 0 Å². The first-order valence-electron chi connectivity index (χ1n) is 9.78. The number of amides is 2. The van der Waals surface area contributed by atoms with E-state index in [4.69, 9.17) is 0 Å². The molecule has 1 unspecified atom stereocenters. The van der Waals surface area contributed by atoms with E-state index in [9.17, 15) is 9.59 Å². The quantitative estimate of drug-likeness (QED) is 0.826. The molecular weight excluding hydrogens is 348 g/mol. The topological polar surface area (TPSA) is 74.3 Å². The van der Waals surface area contributed by atoms with Gasteiger partial charge in [-0.3, -0.25) is 14.5 Å². The van der Waals surface area contributed by atoms with Gasteiger partial charge in [0.05, 0.1) is 18.2 Å². The molecule has 1 atom stereocenters. The molecule has 1 saturated carbocycles. The number of nitrogens with zero attached hydrogens (tertiary/aromatic N) is 2. The van der Waals surface area contributed by atoms with Gasteiger partial charge >= 0.3 is 0 Å². The summed E-state index contributed by atoms with van der Waals surface area (Å²) < 4.78 is 0. The van der Waals surface area contributed by atoms with E-state index >= 15 is 0 Å². The van der Waals surface area contributed by atoms with Crippen LogP contribution in [0.25, 0.3) is 0 Å². The number of aryl methyl sites for hydroxylation is 2. The summed E-state index contributed by atoms with van der Waals surface area (Å²) in [7, 11) is 0. The third-order valence-electron chi connectivity index (χ3n) is 5.47. The number of nitrogens with one attached hydrogen (secondary N) is 2. The molecule has 2 fully saturated rings. The van der Waals surface area contributed by atoms with Crippen molar-refractivity contribution in [1.82, 2.24) is 15.2 Å². The summed E-state index contributed by atoms with van der Waals surface area (Å²) in [4.78, 5) is 32.5. The minimum atomic E-state index is -0.0490. The Bertz CT molecular complexity index is 620. The molecule has 1 aromatic rings. The molecule has 0 bridgehead atoms. The fourth-order valence-corrected chi connectivity index (χ4v) is 4.70. The number of carbonyl (C=O) groups is 2. The van der Waals surface area contributed by atoms with Gasteiger partial charge in [0.2, 0.25) is 11.8 Å². The Kier molecular flexibility index (Phi) is 6.64. The predicted molar refractivity (Wildman–Crippen MR) is 104 cm³/mol. The molecule has 1 saturated heterocycles. The lowest BCUT2D eigenvalue weighted by Crippen LogP contribution is -2.47. The van der Waals surface area contributed by atoms with Crippen LogP contribution in [0.4, 0.5) is 5.13 Å². The lowest BCUT2D eigenvalue weighted by atomic mass is 9.93. The van der Waals surface area contributed by atoms with E-state index in [-0.39, 0.29) is 17.7 Å². The van der Waals surface area contributed by atoms with Crippen molar-refractivity contribution in [2.75, 3.05) is 25.0 Å². The SMILES string of the molecule is Cc1nc(NC(=O)CN2CCCC(C(=O)NC3CCCCC3)C2)sc1C. The molecule has 0 radical (unpaired) electrons. The van der Waals surface area contributed by atoms with Crippen molar-refractivity contribution in [3.63, 3.8) is 0 Å². The number of hydrogen-bond acceptors (Lipinski definition) is 5. The molecule has 2 aliphatic rings. The van der Waals surface area contributed by atoms with E-state index in [0.29, 0.717) is 24.3 Å². The Morgan fingerprint density at radius 2 is 1.92 bits per heavy atom. The smallest absolute Gasteiger partial charge is 0.240 e. The van der Waals surface area contributed by atoms with E-state index in [1.54, 1.807) is 0 Å². The normalized spacial score (nSPS) is 22.2. The van der Waals surface area contributed by atoms with Crippen LogP contribution in [0.2, 0.25) is 0 Å². The average Bonchev–Trinajstić information content (AvgIpc) is 2.93. The second-order valence-electron chi connectivity index (χ2n) is 7.63. The summed E-state index contributed by atoms with van der Waals surface area (Å²) in [5, 5.41) is 6.78. The van der Waals surface area contributed by atoms with E-state index in [1.807, 2.05) is 13.8 Å². The first-order valence-corrected chi connectivity index (χ1v) is 10.6. The Morgan fingerprint density at radius 3 is 2.62 bits per heavy atom. The molecule has 0 spiro atoms. The van der Waals surface area contributed by atoms with Gasteiger partial charge in [0.15, 0.2) is 5.13 Å². The number of piperidine rings is 1. The van der Waals surface area contributed by atoms with Crippen LogP contribution >= 0.6 is 11.3 Å². The molecule has 6 nitrogen and oxygen atoms in total. The van der Waals surface area contributed by atoms with Crippen LogP contribution < -0.4 is 10.6 Å². The second-order valence-corrected chi connectivity index (χ2v) is 8.83. The molecule has 2 N–H and O–H groups in total. The number of thiazole rings is 1. The Morgan fingerprint density at radius 1 is 1.15 bits per heavy atom. The van der Waals surface area contributed by atoms with Gasteiger partial charge in [-0.15, -0.1) is 11.3 Å². The van der Waals surface area contributed by atoms with Gasteiger partial charge in [-0.2, -0.15) is 0 Å². The monoisotopic (exact) mass is 378 g/mol. The zero-order valence-electron chi connectivity index (χ0n) is 15.8. The number of aromatic nitrogens is 1. The number of anilines is 1. The van der Waals surface area contributed by atoms with Crippen LogP contribution in [0.5, 0.6) is 0 Å². The van der Waals surface area contributed by atoms with Crippen LogP contribution in [0.15, 0.2) is 0 Å². The molecule has 7 heteroatoms. The van der Waals surface area contributed by atoms with E-state index in [1.165, 1.54) is 30.6 Å². The number of rotatable bonds is 5. The lowest BCUT2D eigenvalue weighted by Gasteiger charge is -2.33. The molecule has 2 amide bonds. The fraction of sp³-hybridized carbons (Fsp3) is 0.737. The second kappa shape index (κ2) is 8.95. The Hall–Kier alpha value is -1.47. The highest BCUT2D eigenvalue weighted by atomic mass is 32.1. The molecule has 1 aromatic heterocycles. The molecule has 1 aliphatic carbocycles. The van der Waals surface area contributed by atoms with Crippen LogP contribution in [-0.4, -0.2) is 47.4 Å². The van der Waals surface area contributed by atoms with Gasteiger partial charge in [-0.1, -0.05) is 19.3 Å². The first kappa shape index (κ1) is 19.3. The van der Waals surface area contributed by atoms with Crippen molar-refractivity contribution in [2.45, 2.75) is 64.8 Å². The molecular formula is C19H30N4O2S. The number of likely N-dealkylation sites (tertiary alicyclic amines) is 1. The summed E-state index contributed by atoms with van der Waals surface area (Å²) in [6, 6.07) is 0.353. The molecule has 144 valence electrons. The highest BCUT2D eigenvalue weighted by Crippen LogP contribution is 2.22. The molecule has 1 aliphatic heterocycles. The number of carbonyl (C=O) groups excluding carboxylic acids is 2. The van der Waals surface area contributed by atoms with E-state index in [0.717, 1.165) is 42.8 Å².